The fraction of sp³-hybridized carbons (Fsp3) is 0.444. The first-order valence-electron chi connectivity index (χ1n) is 8.83. The van der Waals surface area contributed by atoms with Gasteiger partial charge >= 0.3 is 6.18 Å². The van der Waals surface area contributed by atoms with E-state index in [0.717, 1.165) is 12.3 Å². The zero-order valence-electron chi connectivity index (χ0n) is 15.3. The van der Waals surface area contributed by atoms with Crippen LogP contribution in [0.15, 0.2) is 30.7 Å². The van der Waals surface area contributed by atoms with Gasteiger partial charge in [0.2, 0.25) is 5.91 Å². The van der Waals surface area contributed by atoms with Gasteiger partial charge in [-0.1, -0.05) is 0 Å². The van der Waals surface area contributed by atoms with E-state index in [1.807, 2.05) is 0 Å². The molecule has 30 heavy (non-hydrogen) atoms. The summed E-state index contributed by atoms with van der Waals surface area (Å²) in [6.45, 7) is 0.140. The van der Waals surface area contributed by atoms with Crippen molar-refractivity contribution in [3.05, 3.63) is 42.1 Å². The molecule has 2 fully saturated rings. The van der Waals surface area contributed by atoms with Gasteiger partial charge in [0.1, 0.15) is 12.0 Å². The monoisotopic (exact) mass is 449 g/mol. The Morgan fingerprint density at radius 3 is 2.53 bits per heavy atom. The minimum absolute atomic E-state index is 0. The number of pyridine rings is 1. The molecule has 0 aromatic carbocycles. The maximum Gasteiger partial charge on any atom is 0.433 e. The lowest BCUT2D eigenvalue weighted by Gasteiger charge is -2.12. The summed E-state index contributed by atoms with van der Waals surface area (Å²) in [5, 5.41) is 5.47. The summed E-state index contributed by atoms with van der Waals surface area (Å²) in [5.41, 5.74) is -0.977. The topological polar surface area (TPSA) is 79.8 Å². The number of aromatic nitrogens is 3. The van der Waals surface area contributed by atoms with Crippen LogP contribution in [-0.4, -0.2) is 39.4 Å². The number of alkyl halides is 5. The molecule has 1 unspecified atom stereocenters. The number of nitrogens with one attached hydrogen (secondary N) is 2. The third-order valence-corrected chi connectivity index (χ3v) is 5.33. The van der Waals surface area contributed by atoms with Gasteiger partial charge in [-0.3, -0.25) is 9.78 Å². The number of carbonyl (C=O) groups excluding carboxylic acids is 1. The molecule has 1 aliphatic carbocycles. The van der Waals surface area contributed by atoms with E-state index in [1.54, 1.807) is 0 Å². The van der Waals surface area contributed by atoms with Gasteiger partial charge in [0.15, 0.2) is 0 Å². The SMILES string of the molecule is Cl.O=C(NCc1cc(-c2ccc(C(F)(F)F)nc2)ncn1)[C@@H]1CC2(CN1)CC2(F)F. The predicted octanol–water partition coefficient (Wildman–Crippen LogP) is 2.98. The Labute approximate surface area is 174 Å². The number of rotatable bonds is 4. The van der Waals surface area contributed by atoms with E-state index in [1.165, 1.54) is 18.5 Å². The minimum atomic E-state index is -4.53. The van der Waals surface area contributed by atoms with Gasteiger partial charge in [0.25, 0.3) is 5.92 Å². The molecule has 1 saturated heterocycles. The highest BCUT2D eigenvalue weighted by molar-refractivity contribution is 5.85. The molecule has 6 nitrogen and oxygen atoms in total. The van der Waals surface area contributed by atoms with Crippen molar-refractivity contribution in [1.29, 1.82) is 0 Å². The number of hydrogen-bond acceptors (Lipinski definition) is 5. The van der Waals surface area contributed by atoms with Crippen LogP contribution in [0.25, 0.3) is 11.3 Å². The van der Waals surface area contributed by atoms with Crippen LogP contribution in [0, 0.1) is 5.41 Å². The van der Waals surface area contributed by atoms with Crippen molar-refractivity contribution in [3.8, 4) is 11.3 Å². The average Bonchev–Trinajstić information content (AvgIpc) is 3.00. The van der Waals surface area contributed by atoms with Crippen LogP contribution in [0.1, 0.15) is 24.2 Å². The molecule has 4 rings (SSSR count). The lowest BCUT2D eigenvalue weighted by atomic mass is 10.0. The number of hydrogen-bond donors (Lipinski definition) is 2. The van der Waals surface area contributed by atoms with E-state index in [2.05, 4.69) is 25.6 Å². The lowest BCUT2D eigenvalue weighted by Crippen LogP contribution is -2.40. The summed E-state index contributed by atoms with van der Waals surface area (Å²) in [4.78, 5) is 23.7. The Bertz CT molecular complexity index is 939. The highest BCUT2D eigenvalue weighted by atomic mass is 35.5. The fourth-order valence-electron chi connectivity index (χ4n) is 3.50. The second kappa shape index (κ2) is 7.69. The van der Waals surface area contributed by atoms with E-state index < -0.39 is 35.2 Å². The third kappa shape index (κ3) is 4.22. The quantitative estimate of drug-likeness (QED) is 0.702. The van der Waals surface area contributed by atoms with E-state index in [0.29, 0.717) is 17.0 Å². The first-order valence-corrected chi connectivity index (χ1v) is 8.83. The molecule has 2 aromatic heterocycles. The van der Waals surface area contributed by atoms with Crippen LogP contribution in [0.3, 0.4) is 0 Å². The van der Waals surface area contributed by atoms with Gasteiger partial charge in [-0.2, -0.15) is 13.2 Å². The van der Waals surface area contributed by atoms with E-state index in [4.69, 9.17) is 0 Å². The van der Waals surface area contributed by atoms with Crippen LogP contribution in [-0.2, 0) is 17.5 Å². The molecule has 12 heteroatoms. The average molecular weight is 450 g/mol. The highest BCUT2D eigenvalue weighted by Gasteiger charge is 2.73. The number of carbonyl (C=O) groups is 1. The Morgan fingerprint density at radius 1 is 1.23 bits per heavy atom. The maximum absolute atomic E-state index is 13.4. The first kappa shape index (κ1) is 22.3. The van der Waals surface area contributed by atoms with Gasteiger partial charge in [-0.15, -0.1) is 12.4 Å². The molecule has 162 valence electrons. The molecule has 2 aliphatic rings. The molecule has 0 radical (unpaired) electrons. The van der Waals surface area contributed by atoms with Crippen LogP contribution < -0.4 is 10.6 Å². The molecular formula is C18H17ClF5N5O. The molecule has 1 aliphatic heterocycles. The van der Waals surface area contributed by atoms with Crippen LogP contribution in [0.5, 0.6) is 0 Å². The van der Waals surface area contributed by atoms with E-state index in [-0.39, 0.29) is 38.3 Å². The number of halogens is 6. The number of amides is 1. The summed E-state index contributed by atoms with van der Waals surface area (Å²) in [5.74, 6) is -3.12. The van der Waals surface area contributed by atoms with Crippen molar-refractivity contribution in [3.63, 3.8) is 0 Å². The third-order valence-electron chi connectivity index (χ3n) is 5.33. The molecule has 1 amide bonds. The summed E-state index contributed by atoms with van der Waals surface area (Å²) in [7, 11) is 0. The zero-order chi connectivity index (χ0) is 20.9. The summed E-state index contributed by atoms with van der Waals surface area (Å²) >= 11 is 0. The molecule has 3 heterocycles. The second-order valence-corrected chi connectivity index (χ2v) is 7.34. The summed E-state index contributed by atoms with van der Waals surface area (Å²) in [6, 6.07) is 2.93. The lowest BCUT2D eigenvalue weighted by molar-refractivity contribution is -0.141. The van der Waals surface area contributed by atoms with Crippen molar-refractivity contribution in [2.75, 3.05) is 6.54 Å². The highest BCUT2D eigenvalue weighted by Crippen LogP contribution is 2.64. The van der Waals surface area contributed by atoms with Gasteiger partial charge in [0.05, 0.1) is 29.4 Å². The number of nitrogens with zero attached hydrogens (tertiary/aromatic N) is 3. The van der Waals surface area contributed by atoms with Crippen molar-refractivity contribution in [2.24, 2.45) is 5.41 Å². The van der Waals surface area contributed by atoms with Gasteiger partial charge < -0.3 is 10.6 Å². The fourth-order valence-corrected chi connectivity index (χ4v) is 3.50. The molecule has 1 saturated carbocycles. The van der Waals surface area contributed by atoms with Crippen molar-refractivity contribution in [1.82, 2.24) is 25.6 Å². The van der Waals surface area contributed by atoms with E-state index >= 15 is 0 Å². The molecule has 1 spiro atoms. The Morgan fingerprint density at radius 2 is 1.97 bits per heavy atom. The first-order chi connectivity index (χ1) is 13.6. The molecule has 2 aromatic rings. The van der Waals surface area contributed by atoms with Gasteiger partial charge in [-0.05, 0) is 24.6 Å². The second-order valence-electron chi connectivity index (χ2n) is 7.34. The van der Waals surface area contributed by atoms with Crippen molar-refractivity contribution >= 4 is 18.3 Å². The predicted molar refractivity (Wildman–Crippen MR) is 97.8 cm³/mol. The maximum atomic E-state index is 13.4. The summed E-state index contributed by atoms with van der Waals surface area (Å²) in [6.07, 6.45) is -2.37. The molecule has 2 N–H and O–H groups in total. The van der Waals surface area contributed by atoms with Gasteiger partial charge in [-0.25, -0.2) is 18.7 Å². The Kier molecular flexibility index (Phi) is 5.72. The molecular weight excluding hydrogens is 433 g/mol. The summed E-state index contributed by atoms with van der Waals surface area (Å²) < 4.78 is 64.7. The Hall–Kier alpha value is -2.40. The Balaban J connectivity index is 0.00000256. The van der Waals surface area contributed by atoms with Crippen molar-refractivity contribution in [2.45, 2.75) is 37.5 Å². The normalized spacial score (nSPS) is 24.4. The smallest absolute Gasteiger partial charge is 0.349 e. The molecule has 2 atom stereocenters. The minimum Gasteiger partial charge on any atom is -0.349 e. The largest absolute Gasteiger partial charge is 0.433 e. The standard InChI is InChI=1S/C18H16F5N5O.ClH/c19-17(20)7-16(17)4-13(26-8-16)15(29)25-6-11-3-12(28-9-27-11)10-1-2-14(24-5-10)18(21,22)23;/h1-3,5,9,13,26H,4,6-8H2,(H,25,29);1H/t13-,16?;/m0./s1. The van der Waals surface area contributed by atoms with E-state index in [9.17, 15) is 26.7 Å². The van der Waals surface area contributed by atoms with Crippen LogP contribution >= 0.6 is 12.4 Å². The van der Waals surface area contributed by atoms with Gasteiger partial charge in [0, 0.05) is 24.7 Å². The van der Waals surface area contributed by atoms with Crippen LogP contribution in [0.4, 0.5) is 22.0 Å². The zero-order valence-corrected chi connectivity index (χ0v) is 16.2. The van der Waals surface area contributed by atoms with Crippen molar-refractivity contribution < 1.29 is 26.7 Å². The molecule has 0 bridgehead atoms. The van der Waals surface area contributed by atoms with Crippen LogP contribution in [0.2, 0.25) is 0 Å².